The standard InChI is InChI=1S/C12H8O3.C11H9N3O2.C7H3F4N3.2C7H6N4O2.2C7H7N3O.C7H7N3.C4H8N2/c1-7-11-9(4-5-14-11)6-8-2-3-10(13)15-12(7)8;1-6-7(2)11(15)16-10-5-8(13-14-12)3-4-9(6)10;1-2-3(8)5(10)7(13-14-12)6(11)4(2)9;1-5-2-3-6(9-10-8)4-7(5)11(12)13;1-5-2-3-6(9-10-8)7(4-5)11(12)13;1-5-2-3-6(9-10-8)4-7(5)11;1-5-2-3-6(9-10-8)7(11)4-5;1-6-2-4-7(5-3-6)9-10-8;1-3-4(2)5-6-4/h2-6H,1H3;3-5H,1-2H3;1H3;2*2-4H,1H3;2*2-4,11H,1H3;2-5H,1H3;3H2,1-2H3. The summed E-state index contributed by atoms with van der Waals surface area (Å²) in [6.45, 7) is 19.4. The highest BCUT2D eigenvalue weighted by atomic mass is 19.2. The molecule has 0 unspecified atom stereocenters. The van der Waals surface area contributed by atoms with Crippen LogP contribution in [0.3, 0.4) is 0 Å². The summed E-state index contributed by atoms with van der Waals surface area (Å²) in [4.78, 5) is 60.0. The van der Waals surface area contributed by atoms with Crippen LogP contribution in [0.25, 0.3) is 106 Å². The Labute approximate surface area is 611 Å². The lowest BCUT2D eigenvalue weighted by atomic mass is 10.1. The van der Waals surface area contributed by atoms with Gasteiger partial charge in [-0.3, -0.25) is 20.2 Å². The van der Waals surface area contributed by atoms with Crippen molar-refractivity contribution < 1.29 is 50.9 Å². The Morgan fingerprint density at radius 2 is 0.936 bits per heavy atom. The predicted octanol–water partition coefficient (Wildman–Crippen LogP) is 25.2. The maximum atomic E-state index is 12.8. The SMILES string of the molecule is CCC1(C)N=N1.Cc1c(C)c2ccc(N=[N+]=[N-])cc2oc1=O.Cc1c(F)c(F)c(N=[N+]=[N-])c(F)c1F.Cc1c2occc2cc2ccc(=O)oc12.Cc1ccc(N=[N+]=[N-])c(O)c1.Cc1ccc(N=[N+]=[N-])c([N+](=O)[O-])c1.Cc1ccc(N=[N+]=[N-])cc1.Cc1ccc(N=[N+]=[N-])cc1O.Cc1ccc(N=[N+]=[N-])cc1[N+](=O)[O-]. The van der Waals surface area contributed by atoms with Crippen molar-refractivity contribution in [3.63, 3.8) is 0 Å². The molecule has 36 nitrogen and oxygen atoms in total. The molecule has 0 atom stereocenters. The summed E-state index contributed by atoms with van der Waals surface area (Å²) in [5, 5.41) is 72.1. The van der Waals surface area contributed by atoms with Gasteiger partial charge in [0.1, 0.15) is 39.6 Å². The second-order valence-corrected chi connectivity index (χ2v) is 22.4. The zero-order valence-corrected chi connectivity index (χ0v) is 59.3. The number of nitrogens with zero attached hydrogens (tertiary/aromatic N) is 25. The molecule has 2 N–H and O–H groups in total. The fourth-order valence-electron chi connectivity index (χ4n) is 8.44. The maximum absolute atomic E-state index is 12.8. The summed E-state index contributed by atoms with van der Waals surface area (Å²) in [7, 11) is 0. The molecule has 8 aromatic carbocycles. The maximum Gasteiger partial charge on any atom is 0.339 e. The minimum absolute atomic E-state index is 0.0165. The van der Waals surface area contributed by atoms with Crippen LogP contribution in [0.5, 0.6) is 11.5 Å². The number of halogens is 4. The lowest BCUT2D eigenvalue weighted by Gasteiger charge is -2.04. The third-order valence-corrected chi connectivity index (χ3v) is 14.7. The number of azide groups is 7. The van der Waals surface area contributed by atoms with E-state index in [0.29, 0.717) is 39.4 Å². The van der Waals surface area contributed by atoms with Gasteiger partial charge in [-0.1, -0.05) is 121 Å². The van der Waals surface area contributed by atoms with Crippen LogP contribution in [0.4, 0.5) is 68.7 Å². The van der Waals surface area contributed by atoms with E-state index in [1.165, 1.54) is 36.4 Å². The summed E-state index contributed by atoms with van der Waals surface area (Å²) in [5.41, 5.74) is 64.1. The molecule has 4 heterocycles. The molecule has 0 fully saturated rings. The number of fused-ring (bicyclic) bond motifs is 3. The first-order chi connectivity index (χ1) is 51.7. The van der Waals surface area contributed by atoms with Crippen molar-refractivity contribution >= 4 is 84.1 Å². The second-order valence-electron chi connectivity index (χ2n) is 22.4. The Kier molecular flexibility index (Phi) is 32.9. The monoisotopic (exact) mass is 1490 g/mol. The summed E-state index contributed by atoms with van der Waals surface area (Å²) in [5.74, 6) is -6.35. The molecule has 0 saturated heterocycles. The molecule has 1 aliphatic heterocycles. The lowest BCUT2D eigenvalue weighted by molar-refractivity contribution is -0.385. The van der Waals surface area contributed by atoms with E-state index in [1.807, 2.05) is 58.9 Å². The minimum Gasteiger partial charge on any atom is -0.508 e. The number of nitro benzene ring substituents is 2. The van der Waals surface area contributed by atoms with Crippen molar-refractivity contribution in [2.45, 2.75) is 88.2 Å². The Morgan fingerprint density at radius 3 is 1.45 bits per heavy atom. The molecule has 0 amide bonds. The third-order valence-electron chi connectivity index (χ3n) is 14.7. The molecular formula is C69H61F4N25O11. The molecule has 11 aromatic rings. The number of phenolic OH excluding ortho intramolecular Hbond substituents is 2. The highest BCUT2D eigenvalue weighted by molar-refractivity contribution is 5.96. The van der Waals surface area contributed by atoms with E-state index >= 15 is 0 Å². The molecule has 40 heteroatoms. The molecule has 1 aliphatic rings. The van der Waals surface area contributed by atoms with E-state index in [2.05, 4.69) is 87.3 Å². The van der Waals surface area contributed by atoms with Crippen molar-refractivity contribution in [2.24, 2.45) is 46.0 Å². The zero-order valence-electron chi connectivity index (χ0n) is 59.3. The Morgan fingerprint density at radius 1 is 0.459 bits per heavy atom. The van der Waals surface area contributed by atoms with E-state index in [0.717, 1.165) is 68.5 Å². The van der Waals surface area contributed by atoms with Gasteiger partial charge in [0.05, 0.1) is 21.8 Å². The average molecular weight is 1490 g/mol. The summed E-state index contributed by atoms with van der Waals surface area (Å²) in [6, 6.07) is 37.9. The van der Waals surface area contributed by atoms with Crippen LogP contribution in [0, 0.1) is 106 Å². The van der Waals surface area contributed by atoms with Gasteiger partial charge in [-0.05, 0) is 185 Å². The van der Waals surface area contributed by atoms with Crippen molar-refractivity contribution in [1.82, 2.24) is 0 Å². The van der Waals surface area contributed by atoms with Crippen LogP contribution >= 0.6 is 0 Å². The number of phenols is 2. The fraction of sp³-hybridized carbons (Fsp3) is 0.188. The number of nitro groups is 2. The fourth-order valence-corrected chi connectivity index (χ4v) is 8.44. The summed E-state index contributed by atoms with van der Waals surface area (Å²) < 4.78 is 66.9. The first kappa shape index (κ1) is 86.0. The largest absolute Gasteiger partial charge is 0.508 e. The smallest absolute Gasteiger partial charge is 0.339 e. The molecule has 0 bridgehead atoms. The number of hydrogen-bond acceptors (Lipinski definition) is 20. The van der Waals surface area contributed by atoms with E-state index in [4.69, 9.17) is 62.2 Å². The van der Waals surface area contributed by atoms with E-state index in [1.54, 1.807) is 113 Å². The number of hydrogen-bond donors (Lipinski definition) is 2. The zero-order chi connectivity index (χ0) is 81.2. The Bertz CT molecular complexity index is 5700. The molecule has 0 aliphatic carbocycles. The predicted molar refractivity (Wildman–Crippen MR) is 398 cm³/mol. The van der Waals surface area contributed by atoms with Crippen LogP contribution in [0.1, 0.15) is 70.3 Å². The van der Waals surface area contributed by atoms with Gasteiger partial charge in [-0.2, -0.15) is 10.2 Å². The average Bonchev–Trinajstić information content (AvgIpc) is 1.77. The Hall–Kier alpha value is -15.4. The summed E-state index contributed by atoms with van der Waals surface area (Å²) >= 11 is 0. The van der Waals surface area contributed by atoms with Gasteiger partial charge in [-0.25, -0.2) is 27.2 Å². The van der Waals surface area contributed by atoms with E-state index in [-0.39, 0.29) is 56.8 Å². The number of rotatable bonds is 10. The molecule has 0 spiro atoms. The highest BCUT2D eigenvalue weighted by Gasteiger charge is 2.30. The van der Waals surface area contributed by atoms with Gasteiger partial charge in [-0.15, -0.1) is 0 Å². The molecule has 109 heavy (non-hydrogen) atoms. The van der Waals surface area contributed by atoms with Crippen molar-refractivity contribution in [1.29, 1.82) is 0 Å². The first-order valence-electron chi connectivity index (χ1n) is 31.0. The quantitative estimate of drug-likeness (QED) is 0.0189. The van der Waals surface area contributed by atoms with Gasteiger partial charge in [0.15, 0.2) is 28.9 Å². The van der Waals surface area contributed by atoms with E-state index < -0.39 is 44.4 Å². The molecular weight excluding hydrogens is 1430 g/mol. The molecule has 0 radical (unpaired) electrons. The van der Waals surface area contributed by atoms with Gasteiger partial charge < -0.3 is 23.5 Å². The second kappa shape index (κ2) is 41.6. The lowest BCUT2D eigenvalue weighted by Crippen LogP contribution is -2.05. The van der Waals surface area contributed by atoms with Crippen molar-refractivity contribution in [3.05, 3.63) is 333 Å². The van der Waals surface area contributed by atoms with Crippen molar-refractivity contribution in [3.8, 4) is 11.5 Å². The van der Waals surface area contributed by atoms with Gasteiger partial charge in [0.25, 0.3) is 11.4 Å². The topological polar surface area (TPSA) is 566 Å². The highest BCUT2D eigenvalue weighted by Crippen LogP contribution is 2.34. The molecule has 3 aromatic heterocycles. The van der Waals surface area contributed by atoms with Crippen LogP contribution < -0.4 is 11.3 Å². The summed E-state index contributed by atoms with van der Waals surface area (Å²) in [6.07, 6.45) is 2.68. The van der Waals surface area contributed by atoms with Crippen LogP contribution in [0.15, 0.2) is 215 Å². The first-order valence-corrected chi connectivity index (χ1v) is 31.0. The molecule has 0 saturated carbocycles. The number of aromatic hydroxyl groups is 2. The molecule has 12 rings (SSSR count). The van der Waals surface area contributed by atoms with Crippen LogP contribution in [-0.4, -0.2) is 25.7 Å². The molecule has 556 valence electrons. The van der Waals surface area contributed by atoms with Gasteiger partial charge in [0.2, 0.25) is 0 Å². The van der Waals surface area contributed by atoms with Crippen molar-refractivity contribution in [2.75, 3.05) is 0 Å². The third kappa shape index (κ3) is 25.8. The van der Waals surface area contributed by atoms with E-state index in [9.17, 15) is 47.4 Å². The minimum atomic E-state index is -1.70. The van der Waals surface area contributed by atoms with Crippen LogP contribution in [0.2, 0.25) is 0 Å². The van der Waals surface area contributed by atoms with Gasteiger partial charge >= 0.3 is 11.3 Å². The van der Waals surface area contributed by atoms with Gasteiger partial charge in [0, 0.05) is 114 Å². The van der Waals surface area contributed by atoms with Crippen LogP contribution in [-0.2, 0) is 0 Å². The normalized spacial score (nSPS) is 10.3. The number of furan rings is 1. The number of benzene rings is 8. The number of aryl methyl sites for hydroxylation is 7. The Balaban J connectivity index is 0.000000261.